The summed E-state index contributed by atoms with van der Waals surface area (Å²) in [6, 6.07) is 7.28. The number of unbranched alkanes of at least 4 members (excludes halogenated alkanes) is 2. The summed E-state index contributed by atoms with van der Waals surface area (Å²) in [4.78, 5) is 12.8. The number of carbonyl (C=O) groups is 1. The Kier molecular flexibility index (Phi) is 7.56. The van der Waals surface area contributed by atoms with Crippen LogP contribution >= 0.6 is 0 Å². The molecule has 0 fully saturated rings. The van der Waals surface area contributed by atoms with Crippen LogP contribution in [-0.4, -0.2) is 39.6 Å². The van der Waals surface area contributed by atoms with Crippen LogP contribution in [0.5, 0.6) is 11.5 Å². The number of benzene rings is 1. The predicted octanol–water partition coefficient (Wildman–Crippen LogP) is 4.50. The fourth-order valence-corrected chi connectivity index (χ4v) is 3.68. The normalized spacial score (nSPS) is 11.9. The Balaban J connectivity index is 1.68. The molecule has 1 unspecified atom stereocenters. The molecular formula is C24H33N5O3. The van der Waals surface area contributed by atoms with Crippen molar-refractivity contribution < 1.29 is 14.3 Å². The lowest BCUT2D eigenvalue weighted by Crippen LogP contribution is -2.27. The summed E-state index contributed by atoms with van der Waals surface area (Å²) < 4.78 is 13.2. The first-order chi connectivity index (χ1) is 15.3. The molecule has 0 aliphatic heterocycles. The van der Waals surface area contributed by atoms with Gasteiger partial charge in [0.15, 0.2) is 11.5 Å². The molecule has 2 heterocycles. The number of hydrogen-bond donors (Lipinski definition) is 2. The first-order valence-corrected chi connectivity index (χ1v) is 11.0. The van der Waals surface area contributed by atoms with Gasteiger partial charge in [0.05, 0.1) is 31.1 Å². The lowest BCUT2D eigenvalue weighted by molar-refractivity contribution is 0.0934. The minimum absolute atomic E-state index is 0.223. The SMILES string of the molecule is CCCCCOc1ccc(C(C)NC(=O)c2cc(-c3c(C)nn(C)c3C)n[nH]2)cc1OC. The van der Waals surface area contributed by atoms with Crippen LogP contribution in [0.1, 0.15) is 66.6 Å². The summed E-state index contributed by atoms with van der Waals surface area (Å²) in [5.41, 5.74) is 4.85. The number of ether oxygens (including phenoxy) is 2. The second-order valence-electron chi connectivity index (χ2n) is 8.00. The van der Waals surface area contributed by atoms with E-state index in [-0.39, 0.29) is 11.9 Å². The van der Waals surface area contributed by atoms with Gasteiger partial charge in [0.1, 0.15) is 5.69 Å². The maximum absolute atomic E-state index is 12.8. The van der Waals surface area contributed by atoms with Crippen LogP contribution in [0.3, 0.4) is 0 Å². The number of methoxy groups -OCH3 is 1. The molecule has 3 aromatic rings. The van der Waals surface area contributed by atoms with Crippen molar-refractivity contribution in [1.82, 2.24) is 25.3 Å². The van der Waals surface area contributed by atoms with Gasteiger partial charge in [-0.05, 0) is 51.0 Å². The number of amides is 1. The van der Waals surface area contributed by atoms with Gasteiger partial charge in [-0.2, -0.15) is 10.2 Å². The molecule has 1 aromatic carbocycles. The van der Waals surface area contributed by atoms with Crippen LogP contribution < -0.4 is 14.8 Å². The average Bonchev–Trinajstić information content (AvgIpc) is 3.35. The number of nitrogens with zero attached hydrogens (tertiary/aromatic N) is 3. The van der Waals surface area contributed by atoms with Gasteiger partial charge >= 0.3 is 0 Å². The van der Waals surface area contributed by atoms with Crippen molar-refractivity contribution in [3.05, 3.63) is 46.9 Å². The molecule has 0 aliphatic rings. The number of hydrogen-bond acceptors (Lipinski definition) is 5. The standard InChI is InChI=1S/C24H33N5O3/c1-7-8-9-12-32-21-11-10-18(13-22(21)31-6)15(2)25-24(30)20-14-19(26-27-20)23-16(3)28-29(5)17(23)4/h10-11,13-15H,7-9,12H2,1-6H3,(H,25,30)(H,26,27). The Morgan fingerprint density at radius 1 is 1.22 bits per heavy atom. The third-order valence-corrected chi connectivity index (χ3v) is 5.63. The van der Waals surface area contributed by atoms with Crippen molar-refractivity contribution in [3.63, 3.8) is 0 Å². The van der Waals surface area contributed by atoms with Crippen LogP contribution in [0.4, 0.5) is 0 Å². The first-order valence-electron chi connectivity index (χ1n) is 11.0. The number of aromatic nitrogens is 4. The quantitative estimate of drug-likeness (QED) is 0.454. The highest BCUT2D eigenvalue weighted by molar-refractivity contribution is 5.93. The van der Waals surface area contributed by atoms with Crippen molar-refractivity contribution in [2.24, 2.45) is 7.05 Å². The van der Waals surface area contributed by atoms with E-state index in [0.29, 0.717) is 29.5 Å². The van der Waals surface area contributed by atoms with Crippen molar-refractivity contribution >= 4 is 5.91 Å². The molecule has 0 spiro atoms. The second-order valence-corrected chi connectivity index (χ2v) is 8.00. The van der Waals surface area contributed by atoms with E-state index in [0.717, 1.165) is 41.8 Å². The third-order valence-electron chi connectivity index (χ3n) is 5.63. The highest BCUT2D eigenvalue weighted by atomic mass is 16.5. The Bertz CT molecular complexity index is 1070. The highest BCUT2D eigenvalue weighted by Crippen LogP contribution is 2.31. The molecule has 3 rings (SSSR count). The van der Waals surface area contributed by atoms with E-state index in [1.54, 1.807) is 13.2 Å². The van der Waals surface area contributed by atoms with Gasteiger partial charge in [-0.15, -0.1) is 0 Å². The predicted molar refractivity (Wildman–Crippen MR) is 124 cm³/mol. The number of nitrogens with one attached hydrogen (secondary N) is 2. The molecule has 0 saturated carbocycles. The first kappa shape index (κ1) is 23.4. The molecule has 1 amide bonds. The summed E-state index contributed by atoms with van der Waals surface area (Å²) in [6.07, 6.45) is 3.30. The maximum atomic E-state index is 12.8. The molecule has 0 saturated heterocycles. The van der Waals surface area contributed by atoms with Crippen molar-refractivity contribution in [1.29, 1.82) is 0 Å². The highest BCUT2D eigenvalue weighted by Gasteiger charge is 2.19. The van der Waals surface area contributed by atoms with Crippen molar-refractivity contribution in [2.45, 2.75) is 53.0 Å². The lowest BCUT2D eigenvalue weighted by Gasteiger charge is -2.17. The van der Waals surface area contributed by atoms with E-state index in [9.17, 15) is 4.79 Å². The molecule has 1 atom stereocenters. The van der Waals surface area contributed by atoms with Gasteiger partial charge in [-0.1, -0.05) is 25.8 Å². The zero-order chi connectivity index (χ0) is 23.3. The Morgan fingerprint density at radius 3 is 2.66 bits per heavy atom. The summed E-state index contributed by atoms with van der Waals surface area (Å²) in [5, 5.41) is 14.6. The van der Waals surface area contributed by atoms with Crippen LogP contribution in [-0.2, 0) is 7.05 Å². The number of rotatable bonds is 10. The average molecular weight is 440 g/mol. The summed E-state index contributed by atoms with van der Waals surface area (Å²) >= 11 is 0. The van der Waals surface area contributed by atoms with E-state index >= 15 is 0 Å². The molecule has 172 valence electrons. The van der Waals surface area contributed by atoms with E-state index in [4.69, 9.17) is 9.47 Å². The number of H-pyrrole nitrogens is 1. The molecule has 2 N–H and O–H groups in total. The van der Waals surface area contributed by atoms with Gasteiger partial charge in [0.25, 0.3) is 5.91 Å². The topological polar surface area (TPSA) is 94.1 Å². The summed E-state index contributed by atoms with van der Waals surface area (Å²) in [6.45, 7) is 8.67. The molecule has 8 nitrogen and oxygen atoms in total. The molecule has 2 aromatic heterocycles. The zero-order valence-corrected chi connectivity index (χ0v) is 19.8. The number of aromatic amines is 1. The zero-order valence-electron chi connectivity index (χ0n) is 19.8. The largest absolute Gasteiger partial charge is 0.493 e. The van der Waals surface area contributed by atoms with Gasteiger partial charge in [0.2, 0.25) is 0 Å². The van der Waals surface area contributed by atoms with Crippen LogP contribution in [0, 0.1) is 13.8 Å². The van der Waals surface area contributed by atoms with Gasteiger partial charge in [-0.3, -0.25) is 14.6 Å². The van der Waals surface area contributed by atoms with E-state index in [2.05, 4.69) is 27.5 Å². The molecule has 0 bridgehead atoms. The molecule has 0 aliphatic carbocycles. The van der Waals surface area contributed by atoms with Crippen molar-refractivity contribution in [2.75, 3.05) is 13.7 Å². The third kappa shape index (κ3) is 5.12. The molecule has 0 radical (unpaired) electrons. The maximum Gasteiger partial charge on any atom is 0.269 e. The van der Waals surface area contributed by atoms with E-state index < -0.39 is 0 Å². The monoisotopic (exact) mass is 439 g/mol. The van der Waals surface area contributed by atoms with Crippen molar-refractivity contribution in [3.8, 4) is 22.8 Å². The summed E-state index contributed by atoms with van der Waals surface area (Å²) in [7, 11) is 3.51. The summed E-state index contributed by atoms with van der Waals surface area (Å²) in [5.74, 6) is 1.15. The lowest BCUT2D eigenvalue weighted by atomic mass is 10.1. The fraction of sp³-hybridized carbons (Fsp3) is 0.458. The van der Waals surface area contributed by atoms with Gasteiger partial charge < -0.3 is 14.8 Å². The van der Waals surface area contributed by atoms with Gasteiger partial charge in [0, 0.05) is 18.3 Å². The van der Waals surface area contributed by atoms with E-state index in [1.807, 2.05) is 50.7 Å². The Morgan fingerprint density at radius 2 is 2.00 bits per heavy atom. The molecular weight excluding hydrogens is 406 g/mol. The van der Waals surface area contributed by atoms with E-state index in [1.165, 1.54) is 0 Å². The van der Waals surface area contributed by atoms with Crippen LogP contribution in [0.2, 0.25) is 0 Å². The minimum atomic E-state index is -0.227. The van der Waals surface area contributed by atoms with Crippen LogP contribution in [0.25, 0.3) is 11.3 Å². The fourth-order valence-electron chi connectivity index (χ4n) is 3.68. The number of carbonyl (C=O) groups excluding carboxylic acids is 1. The molecule has 32 heavy (non-hydrogen) atoms. The Hall–Kier alpha value is -3.29. The van der Waals surface area contributed by atoms with Gasteiger partial charge in [-0.25, -0.2) is 0 Å². The van der Waals surface area contributed by atoms with Crippen LogP contribution in [0.15, 0.2) is 24.3 Å². The Labute approximate surface area is 189 Å². The number of aryl methyl sites for hydroxylation is 2. The smallest absolute Gasteiger partial charge is 0.269 e. The molecule has 8 heteroatoms. The second kappa shape index (κ2) is 10.3. The minimum Gasteiger partial charge on any atom is -0.493 e.